The summed E-state index contributed by atoms with van der Waals surface area (Å²) in [5.41, 5.74) is 8.39. The van der Waals surface area contributed by atoms with E-state index >= 15 is 0 Å². The van der Waals surface area contributed by atoms with Crippen LogP contribution in [0.5, 0.6) is 5.75 Å². The fourth-order valence-electron chi connectivity index (χ4n) is 5.20. The topological polar surface area (TPSA) is 81.5 Å². The molecule has 0 spiro atoms. The van der Waals surface area contributed by atoms with E-state index in [-0.39, 0.29) is 5.92 Å². The molecule has 0 aliphatic carbocycles. The van der Waals surface area contributed by atoms with Gasteiger partial charge in [0.1, 0.15) is 17.3 Å². The molecule has 5 aromatic rings. The van der Waals surface area contributed by atoms with Crippen molar-refractivity contribution < 1.29 is 4.74 Å². The van der Waals surface area contributed by atoms with Gasteiger partial charge < -0.3 is 4.74 Å². The van der Waals surface area contributed by atoms with Crippen LogP contribution in [-0.2, 0) is 6.42 Å². The Labute approximate surface area is 203 Å². The molecule has 3 heterocycles. The number of nitrogens with one attached hydrogen (secondary N) is 1. The molecule has 2 aromatic heterocycles. The molecule has 3 aromatic carbocycles. The van der Waals surface area contributed by atoms with Crippen molar-refractivity contribution in [3.8, 4) is 11.4 Å². The van der Waals surface area contributed by atoms with Crippen LogP contribution in [0.4, 0.5) is 0 Å². The Balaban J connectivity index is 1.62. The number of rotatable bonds is 4. The first-order valence-corrected chi connectivity index (χ1v) is 11.9. The summed E-state index contributed by atoms with van der Waals surface area (Å²) in [5.74, 6) is 2.76. The summed E-state index contributed by atoms with van der Waals surface area (Å²) in [5, 5.41) is 15.2. The van der Waals surface area contributed by atoms with Gasteiger partial charge in [-0.05, 0) is 49.1 Å². The molecule has 7 heteroatoms. The molecule has 0 fully saturated rings. The van der Waals surface area contributed by atoms with Crippen molar-refractivity contribution in [2.45, 2.75) is 39.5 Å². The summed E-state index contributed by atoms with van der Waals surface area (Å²) >= 11 is 0. The van der Waals surface area contributed by atoms with E-state index in [2.05, 4.69) is 88.9 Å². The summed E-state index contributed by atoms with van der Waals surface area (Å²) in [6, 6.07) is 18.7. The Morgan fingerprint density at radius 2 is 1.91 bits per heavy atom. The number of imidazole rings is 1. The third kappa shape index (κ3) is 3.34. The molecule has 0 saturated carbocycles. The molecule has 0 bridgehead atoms. The van der Waals surface area contributed by atoms with Crippen molar-refractivity contribution >= 4 is 16.8 Å². The number of aromatic amines is 1. The summed E-state index contributed by atoms with van der Waals surface area (Å²) in [4.78, 5) is 5.01. The average Bonchev–Trinajstić information content (AvgIpc) is 3.48. The van der Waals surface area contributed by atoms with Crippen LogP contribution in [0.25, 0.3) is 22.5 Å². The highest BCUT2D eigenvalue weighted by Crippen LogP contribution is 2.45. The maximum atomic E-state index is 6.45. The highest BCUT2D eigenvalue weighted by atomic mass is 16.5. The SMILES string of the molecule is C=C1Oc2cc(-n3c(CCC)nc4c(C)cccc43)cc(C)c2C(c2nn[nH]n2)c2ccccc21. The maximum Gasteiger partial charge on any atom is 0.186 e. The van der Waals surface area contributed by atoms with E-state index in [4.69, 9.17) is 9.72 Å². The average molecular weight is 463 g/mol. The van der Waals surface area contributed by atoms with E-state index in [0.29, 0.717) is 11.6 Å². The lowest BCUT2D eigenvalue weighted by molar-refractivity contribution is 0.512. The smallest absolute Gasteiger partial charge is 0.186 e. The van der Waals surface area contributed by atoms with Crippen LogP contribution in [-0.4, -0.2) is 30.2 Å². The van der Waals surface area contributed by atoms with Crippen molar-refractivity contribution in [2.24, 2.45) is 0 Å². The molecule has 0 amide bonds. The van der Waals surface area contributed by atoms with Gasteiger partial charge in [-0.3, -0.25) is 4.57 Å². The number of nitrogens with zero attached hydrogens (tertiary/aromatic N) is 5. The molecule has 0 saturated heterocycles. The fraction of sp³-hybridized carbons (Fsp3) is 0.214. The quantitative estimate of drug-likeness (QED) is 0.373. The number of para-hydroxylation sites is 1. The first-order valence-electron chi connectivity index (χ1n) is 11.9. The number of H-pyrrole nitrogens is 1. The van der Waals surface area contributed by atoms with Gasteiger partial charge in [0.2, 0.25) is 0 Å². The highest BCUT2D eigenvalue weighted by Gasteiger charge is 2.32. The van der Waals surface area contributed by atoms with E-state index in [1.54, 1.807) is 0 Å². The van der Waals surface area contributed by atoms with Crippen LogP contribution >= 0.6 is 0 Å². The second-order valence-corrected chi connectivity index (χ2v) is 9.05. The van der Waals surface area contributed by atoms with Crippen molar-refractivity contribution in [3.63, 3.8) is 0 Å². The number of fused-ring (bicyclic) bond motifs is 3. The van der Waals surface area contributed by atoms with E-state index < -0.39 is 0 Å². The number of benzene rings is 3. The molecule has 1 aliphatic heterocycles. The van der Waals surface area contributed by atoms with Gasteiger partial charge >= 0.3 is 0 Å². The third-order valence-electron chi connectivity index (χ3n) is 6.74. The van der Waals surface area contributed by atoms with Gasteiger partial charge in [0, 0.05) is 23.6 Å². The van der Waals surface area contributed by atoms with Crippen LogP contribution in [0.2, 0.25) is 0 Å². The molecule has 1 atom stereocenters. The van der Waals surface area contributed by atoms with Gasteiger partial charge in [0.15, 0.2) is 5.82 Å². The zero-order chi connectivity index (χ0) is 24.1. The van der Waals surface area contributed by atoms with Crippen LogP contribution in [0.1, 0.15) is 58.7 Å². The van der Waals surface area contributed by atoms with E-state index in [1.807, 2.05) is 18.2 Å². The van der Waals surface area contributed by atoms with Crippen molar-refractivity contribution in [1.82, 2.24) is 30.2 Å². The molecular formula is C28H26N6O. The van der Waals surface area contributed by atoms with Crippen LogP contribution in [0, 0.1) is 13.8 Å². The van der Waals surface area contributed by atoms with E-state index in [0.717, 1.165) is 63.4 Å². The lowest BCUT2D eigenvalue weighted by atomic mass is 9.85. The molecule has 0 radical (unpaired) electrons. The van der Waals surface area contributed by atoms with Crippen LogP contribution < -0.4 is 4.74 Å². The Kier molecular flexibility index (Phi) is 4.99. The Bertz CT molecular complexity index is 1580. The molecule has 7 nitrogen and oxygen atoms in total. The number of aromatic nitrogens is 6. The summed E-state index contributed by atoms with van der Waals surface area (Å²) in [6.45, 7) is 10.7. The predicted octanol–water partition coefficient (Wildman–Crippen LogP) is 5.65. The van der Waals surface area contributed by atoms with E-state index in [9.17, 15) is 0 Å². The molecule has 35 heavy (non-hydrogen) atoms. The van der Waals surface area contributed by atoms with Crippen molar-refractivity contribution in [1.29, 1.82) is 0 Å². The first kappa shape index (κ1) is 21.3. The molecular weight excluding hydrogens is 436 g/mol. The van der Waals surface area contributed by atoms with Gasteiger partial charge in [-0.2, -0.15) is 5.21 Å². The maximum absolute atomic E-state index is 6.45. The van der Waals surface area contributed by atoms with Crippen LogP contribution in [0.3, 0.4) is 0 Å². The van der Waals surface area contributed by atoms with Gasteiger partial charge in [0.05, 0.1) is 22.6 Å². The standard InChI is InChI=1S/C28H26N6O/c1-5-9-24-29-27-16(2)10-8-13-22(27)34(24)19-14-17(3)25-23(15-19)35-18(4)20-11-6-7-12-21(20)26(25)28-30-32-33-31-28/h6-8,10-15,26H,4-5,9H2,1-3H3,(H,30,31,32,33). The lowest BCUT2D eigenvalue weighted by Gasteiger charge is -2.20. The zero-order valence-electron chi connectivity index (χ0n) is 20.0. The van der Waals surface area contributed by atoms with Crippen molar-refractivity contribution in [2.75, 3.05) is 0 Å². The Morgan fingerprint density at radius 1 is 1.06 bits per heavy atom. The van der Waals surface area contributed by atoms with E-state index in [1.165, 1.54) is 5.56 Å². The Morgan fingerprint density at radius 3 is 2.71 bits per heavy atom. The van der Waals surface area contributed by atoms with Crippen LogP contribution in [0.15, 0.2) is 61.2 Å². The second-order valence-electron chi connectivity index (χ2n) is 9.05. The molecule has 1 unspecified atom stereocenters. The fourth-order valence-corrected chi connectivity index (χ4v) is 5.20. The summed E-state index contributed by atoms with van der Waals surface area (Å²) in [6.07, 6.45) is 1.89. The summed E-state index contributed by atoms with van der Waals surface area (Å²) in [7, 11) is 0. The minimum absolute atomic E-state index is 0.231. The first-order chi connectivity index (χ1) is 17.1. The summed E-state index contributed by atoms with van der Waals surface area (Å²) < 4.78 is 8.71. The van der Waals surface area contributed by atoms with Gasteiger partial charge in [-0.15, -0.1) is 10.2 Å². The second kappa shape index (κ2) is 8.20. The highest BCUT2D eigenvalue weighted by molar-refractivity contribution is 5.82. The minimum Gasteiger partial charge on any atom is -0.457 e. The van der Waals surface area contributed by atoms with Gasteiger partial charge in [0.25, 0.3) is 0 Å². The molecule has 174 valence electrons. The monoisotopic (exact) mass is 462 g/mol. The van der Waals surface area contributed by atoms with Gasteiger partial charge in [-0.25, -0.2) is 4.98 Å². The number of hydrogen-bond donors (Lipinski definition) is 1. The largest absolute Gasteiger partial charge is 0.457 e. The zero-order valence-corrected chi connectivity index (χ0v) is 20.0. The lowest BCUT2D eigenvalue weighted by Crippen LogP contribution is -2.10. The normalized spacial score (nSPS) is 14.9. The number of aryl methyl sites for hydroxylation is 3. The minimum atomic E-state index is -0.231. The van der Waals surface area contributed by atoms with Gasteiger partial charge in [-0.1, -0.05) is 55.1 Å². The third-order valence-corrected chi connectivity index (χ3v) is 6.74. The Hall–Kier alpha value is -4.26. The number of ether oxygens (including phenoxy) is 1. The molecule has 1 N–H and O–H groups in total. The van der Waals surface area contributed by atoms with Crippen molar-refractivity contribution in [3.05, 3.63) is 101 Å². The predicted molar refractivity (Wildman–Crippen MR) is 136 cm³/mol. The molecule has 1 aliphatic rings. The number of hydrogen-bond acceptors (Lipinski definition) is 5. The number of tetrazole rings is 1. The molecule has 6 rings (SSSR count).